The number of anilines is 1. The second-order valence-corrected chi connectivity index (χ2v) is 3.50. The number of hydrogen-bond acceptors (Lipinski definition) is 4. The summed E-state index contributed by atoms with van der Waals surface area (Å²) in [5.41, 5.74) is 6.52. The van der Waals surface area contributed by atoms with Crippen LogP contribution in [0.1, 0.15) is 6.92 Å². The maximum atomic E-state index is 11.6. The van der Waals surface area contributed by atoms with Gasteiger partial charge in [0.2, 0.25) is 0 Å². The molecule has 0 radical (unpaired) electrons. The minimum absolute atomic E-state index is 0.271. The summed E-state index contributed by atoms with van der Waals surface area (Å²) in [7, 11) is 0. The highest BCUT2D eigenvalue weighted by molar-refractivity contribution is 5.66. The van der Waals surface area contributed by atoms with E-state index >= 15 is 0 Å². The van der Waals surface area contributed by atoms with Gasteiger partial charge in [-0.05, 0) is 30.7 Å². The van der Waals surface area contributed by atoms with E-state index in [1.807, 2.05) is 25.1 Å². The number of nitrogen functional groups attached to an aromatic ring is 1. The van der Waals surface area contributed by atoms with Gasteiger partial charge in [0.25, 0.3) is 5.56 Å². The third-order valence-electron chi connectivity index (χ3n) is 2.28. The molecule has 0 saturated carbocycles. The van der Waals surface area contributed by atoms with E-state index < -0.39 is 0 Å². The number of benzene rings is 1. The molecule has 0 saturated heterocycles. The fraction of sp³-hybridized carbons (Fsp3) is 0.167. The number of ether oxygens (including phenoxy) is 1. The molecular weight excluding hydrogens is 218 g/mol. The molecule has 88 valence electrons. The number of nitrogens with zero attached hydrogens (tertiary/aromatic N) is 1. The Balaban J connectivity index is 2.49. The fourth-order valence-corrected chi connectivity index (χ4v) is 1.56. The van der Waals surface area contributed by atoms with Gasteiger partial charge in [0.15, 0.2) is 0 Å². The minimum Gasteiger partial charge on any atom is -0.494 e. The van der Waals surface area contributed by atoms with Crippen LogP contribution in [0.4, 0.5) is 5.82 Å². The van der Waals surface area contributed by atoms with Crippen molar-refractivity contribution in [2.75, 3.05) is 12.3 Å². The average Bonchev–Trinajstić information content (AvgIpc) is 2.33. The Morgan fingerprint density at radius 1 is 1.41 bits per heavy atom. The summed E-state index contributed by atoms with van der Waals surface area (Å²) in [5, 5.41) is 5.98. The maximum Gasteiger partial charge on any atom is 0.272 e. The van der Waals surface area contributed by atoms with Crippen LogP contribution in [0, 0.1) is 0 Å². The van der Waals surface area contributed by atoms with Crippen LogP contribution < -0.4 is 16.0 Å². The lowest BCUT2D eigenvalue weighted by atomic mass is 10.1. The van der Waals surface area contributed by atoms with Gasteiger partial charge in [0.05, 0.1) is 12.2 Å². The molecule has 1 heterocycles. The van der Waals surface area contributed by atoms with Crippen LogP contribution >= 0.6 is 0 Å². The minimum atomic E-state index is -0.271. The second kappa shape index (κ2) is 4.69. The zero-order valence-electron chi connectivity index (χ0n) is 9.43. The first-order valence-corrected chi connectivity index (χ1v) is 5.29. The first-order valence-electron chi connectivity index (χ1n) is 5.29. The van der Waals surface area contributed by atoms with E-state index in [2.05, 4.69) is 10.2 Å². The lowest BCUT2D eigenvalue weighted by molar-refractivity contribution is 0.340. The van der Waals surface area contributed by atoms with E-state index in [0.717, 1.165) is 11.3 Å². The van der Waals surface area contributed by atoms with Crippen LogP contribution in [-0.4, -0.2) is 16.8 Å². The van der Waals surface area contributed by atoms with E-state index in [4.69, 9.17) is 10.5 Å². The highest BCUT2D eigenvalue weighted by Crippen LogP contribution is 2.21. The van der Waals surface area contributed by atoms with Crippen molar-refractivity contribution in [2.24, 2.45) is 0 Å². The molecule has 0 aliphatic heterocycles. The van der Waals surface area contributed by atoms with Crippen LogP contribution in [0.25, 0.3) is 11.1 Å². The lowest BCUT2D eigenvalue weighted by Gasteiger charge is -2.05. The first-order chi connectivity index (χ1) is 8.20. The SMILES string of the molecule is CCOc1cccc(-c2cc(N)n[nH]c2=O)c1. The van der Waals surface area contributed by atoms with Gasteiger partial charge in [-0.15, -0.1) is 0 Å². The van der Waals surface area contributed by atoms with Crippen LogP contribution in [0.15, 0.2) is 35.1 Å². The van der Waals surface area contributed by atoms with E-state index in [1.165, 1.54) is 0 Å². The second-order valence-electron chi connectivity index (χ2n) is 3.50. The van der Waals surface area contributed by atoms with Crippen molar-refractivity contribution in [3.63, 3.8) is 0 Å². The molecule has 2 aromatic rings. The van der Waals surface area contributed by atoms with Crippen molar-refractivity contribution in [3.05, 3.63) is 40.7 Å². The van der Waals surface area contributed by atoms with Crippen LogP contribution in [-0.2, 0) is 0 Å². The molecule has 5 heteroatoms. The third kappa shape index (κ3) is 2.44. The number of rotatable bonds is 3. The molecule has 0 fully saturated rings. The molecule has 1 aromatic heterocycles. The summed E-state index contributed by atoms with van der Waals surface area (Å²) >= 11 is 0. The van der Waals surface area contributed by atoms with Crippen molar-refractivity contribution in [1.29, 1.82) is 0 Å². The molecule has 1 aromatic carbocycles. The number of aromatic nitrogens is 2. The van der Waals surface area contributed by atoms with Crippen molar-refractivity contribution < 1.29 is 4.74 Å². The highest BCUT2D eigenvalue weighted by atomic mass is 16.5. The fourth-order valence-electron chi connectivity index (χ4n) is 1.56. The van der Waals surface area contributed by atoms with Crippen LogP contribution in [0.5, 0.6) is 5.75 Å². The molecule has 0 amide bonds. The Morgan fingerprint density at radius 2 is 2.24 bits per heavy atom. The molecule has 3 N–H and O–H groups in total. The molecule has 0 bridgehead atoms. The van der Waals surface area contributed by atoms with Gasteiger partial charge in [-0.1, -0.05) is 12.1 Å². The predicted molar refractivity (Wildman–Crippen MR) is 65.9 cm³/mol. The highest BCUT2D eigenvalue weighted by Gasteiger charge is 2.05. The average molecular weight is 231 g/mol. The van der Waals surface area contributed by atoms with Gasteiger partial charge in [0.1, 0.15) is 11.6 Å². The molecule has 0 aliphatic carbocycles. The summed E-state index contributed by atoms with van der Waals surface area (Å²) in [6.07, 6.45) is 0. The van der Waals surface area contributed by atoms with E-state index in [1.54, 1.807) is 12.1 Å². The predicted octanol–water partition coefficient (Wildman–Crippen LogP) is 1.42. The van der Waals surface area contributed by atoms with Crippen LogP contribution in [0.3, 0.4) is 0 Å². The van der Waals surface area contributed by atoms with Gasteiger partial charge in [-0.3, -0.25) is 4.79 Å². The summed E-state index contributed by atoms with van der Waals surface area (Å²) in [6, 6.07) is 8.84. The van der Waals surface area contributed by atoms with Gasteiger partial charge in [-0.25, -0.2) is 5.10 Å². The Kier molecular flexibility index (Phi) is 3.09. The number of nitrogens with one attached hydrogen (secondary N) is 1. The van der Waals surface area contributed by atoms with Crippen molar-refractivity contribution in [3.8, 4) is 16.9 Å². The van der Waals surface area contributed by atoms with Gasteiger partial charge in [-0.2, -0.15) is 5.10 Å². The Labute approximate surface area is 98.2 Å². The standard InChI is InChI=1S/C12H13N3O2/c1-2-17-9-5-3-4-8(6-9)10-7-11(13)14-15-12(10)16/h3-7H,2H2,1H3,(H2,13,14)(H,15,16). The molecule has 5 nitrogen and oxygen atoms in total. The zero-order chi connectivity index (χ0) is 12.3. The van der Waals surface area contributed by atoms with E-state index in [-0.39, 0.29) is 11.4 Å². The van der Waals surface area contributed by atoms with Gasteiger partial charge in [0, 0.05) is 0 Å². The molecule has 0 aliphatic rings. The van der Waals surface area contributed by atoms with Crippen molar-refractivity contribution in [2.45, 2.75) is 6.92 Å². The summed E-state index contributed by atoms with van der Waals surface area (Å²) in [5.74, 6) is 1.00. The number of H-pyrrole nitrogens is 1. The molecular formula is C12H13N3O2. The van der Waals surface area contributed by atoms with E-state index in [9.17, 15) is 4.79 Å². The Hall–Kier alpha value is -2.30. The summed E-state index contributed by atoms with van der Waals surface area (Å²) < 4.78 is 5.38. The smallest absolute Gasteiger partial charge is 0.272 e. The summed E-state index contributed by atoms with van der Waals surface area (Å²) in [4.78, 5) is 11.6. The summed E-state index contributed by atoms with van der Waals surface area (Å²) in [6.45, 7) is 2.49. The molecule has 0 unspecified atom stereocenters. The number of nitrogens with two attached hydrogens (primary N) is 1. The molecule has 2 rings (SSSR count). The van der Waals surface area contributed by atoms with Gasteiger partial charge >= 0.3 is 0 Å². The first kappa shape index (κ1) is 11.2. The normalized spacial score (nSPS) is 10.2. The number of aromatic amines is 1. The molecule has 0 spiro atoms. The molecule has 0 atom stereocenters. The number of hydrogen-bond donors (Lipinski definition) is 2. The van der Waals surface area contributed by atoms with Gasteiger partial charge < -0.3 is 10.5 Å². The van der Waals surface area contributed by atoms with E-state index in [0.29, 0.717) is 12.2 Å². The van der Waals surface area contributed by atoms with Crippen molar-refractivity contribution >= 4 is 5.82 Å². The third-order valence-corrected chi connectivity index (χ3v) is 2.28. The quantitative estimate of drug-likeness (QED) is 0.837. The largest absolute Gasteiger partial charge is 0.494 e. The van der Waals surface area contributed by atoms with Crippen molar-refractivity contribution in [1.82, 2.24) is 10.2 Å². The maximum absolute atomic E-state index is 11.6. The lowest BCUT2D eigenvalue weighted by Crippen LogP contribution is -2.12. The Bertz CT molecular complexity index is 578. The topological polar surface area (TPSA) is 81.0 Å². The zero-order valence-corrected chi connectivity index (χ0v) is 9.43. The molecule has 17 heavy (non-hydrogen) atoms. The Morgan fingerprint density at radius 3 is 3.00 bits per heavy atom. The monoisotopic (exact) mass is 231 g/mol. The van der Waals surface area contributed by atoms with Crippen LogP contribution in [0.2, 0.25) is 0 Å².